The maximum absolute atomic E-state index is 13.8. The van der Waals surface area contributed by atoms with E-state index < -0.39 is 35.8 Å². The average Bonchev–Trinajstić information content (AvgIpc) is 3.42. The summed E-state index contributed by atoms with van der Waals surface area (Å²) in [5.41, 5.74) is -0.637. The molecular weight excluding hydrogens is 449 g/mol. The van der Waals surface area contributed by atoms with Crippen molar-refractivity contribution in [2.24, 2.45) is 5.92 Å². The Morgan fingerprint density at radius 2 is 1.79 bits per heavy atom. The van der Waals surface area contributed by atoms with Crippen molar-refractivity contribution in [2.45, 2.75) is 51.9 Å². The van der Waals surface area contributed by atoms with Gasteiger partial charge in [-0.15, -0.1) is 0 Å². The Kier molecular flexibility index (Phi) is 6.35. The van der Waals surface area contributed by atoms with E-state index >= 15 is 0 Å². The largest absolute Gasteiger partial charge is 0.416 e. The normalized spacial score (nSPS) is 22.0. The van der Waals surface area contributed by atoms with Crippen LogP contribution in [0.5, 0.6) is 0 Å². The summed E-state index contributed by atoms with van der Waals surface area (Å²) in [5, 5.41) is 2.61. The van der Waals surface area contributed by atoms with Crippen LogP contribution >= 0.6 is 0 Å². The summed E-state index contributed by atoms with van der Waals surface area (Å²) in [7, 11) is 0. The number of likely N-dealkylation sites (N-methyl/N-ethyl adjacent to an activating group) is 1. The fraction of sp³-hybridized carbons (Fsp3) is 0.542. The maximum Gasteiger partial charge on any atom is 0.416 e. The quantitative estimate of drug-likeness (QED) is 0.704. The summed E-state index contributed by atoms with van der Waals surface area (Å²) in [5.74, 6) is -0.880. The number of halogens is 3. The summed E-state index contributed by atoms with van der Waals surface area (Å²) in [4.78, 5) is 44.5. The molecule has 1 fully saturated rings. The van der Waals surface area contributed by atoms with Crippen molar-refractivity contribution in [3.8, 4) is 0 Å². The molecule has 0 bridgehead atoms. The summed E-state index contributed by atoms with van der Waals surface area (Å²) in [6.07, 6.45) is -2.85. The molecule has 3 aliphatic heterocycles. The van der Waals surface area contributed by atoms with Gasteiger partial charge in [-0.25, -0.2) is 4.79 Å². The number of likely N-dealkylation sites (tertiary alicyclic amines) is 1. The molecule has 1 saturated heterocycles. The first kappa shape index (κ1) is 24.1. The van der Waals surface area contributed by atoms with E-state index in [9.17, 15) is 27.6 Å². The zero-order valence-electron chi connectivity index (χ0n) is 19.5. The van der Waals surface area contributed by atoms with Gasteiger partial charge in [0.2, 0.25) is 5.91 Å². The molecule has 2 atom stereocenters. The van der Waals surface area contributed by atoms with E-state index in [1.165, 1.54) is 28.0 Å². The second-order valence-corrected chi connectivity index (χ2v) is 9.23. The van der Waals surface area contributed by atoms with Gasteiger partial charge < -0.3 is 15.1 Å². The van der Waals surface area contributed by atoms with Gasteiger partial charge in [0.05, 0.1) is 29.4 Å². The number of amides is 4. The van der Waals surface area contributed by atoms with Crippen LogP contribution in [0, 0.1) is 5.92 Å². The number of carbonyl (C=O) groups is 3. The average molecular weight is 479 g/mol. The third-order valence-corrected chi connectivity index (χ3v) is 6.78. The lowest BCUT2D eigenvalue weighted by molar-refractivity contribution is -0.144. The minimum absolute atomic E-state index is 0.00252. The third-order valence-electron chi connectivity index (χ3n) is 6.78. The van der Waals surface area contributed by atoms with Crippen molar-refractivity contribution in [3.63, 3.8) is 0 Å². The van der Waals surface area contributed by atoms with Gasteiger partial charge in [-0.2, -0.15) is 13.2 Å². The topological polar surface area (TPSA) is 73.0 Å². The highest BCUT2D eigenvalue weighted by Gasteiger charge is 2.49. The Morgan fingerprint density at radius 1 is 1.15 bits per heavy atom. The fourth-order valence-electron chi connectivity index (χ4n) is 5.22. The molecule has 1 aromatic rings. The lowest BCUT2D eigenvalue weighted by Gasteiger charge is -2.34. The zero-order valence-corrected chi connectivity index (χ0v) is 19.5. The Labute approximate surface area is 196 Å². The van der Waals surface area contributed by atoms with Crippen LogP contribution in [0.1, 0.15) is 50.8 Å². The number of rotatable bonds is 5. The van der Waals surface area contributed by atoms with Gasteiger partial charge in [-0.05, 0) is 37.3 Å². The number of carbonyl (C=O) groups excluding carboxylic acids is 3. The number of hydrogen-bond acceptors (Lipinski definition) is 3. The van der Waals surface area contributed by atoms with E-state index in [1.54, 1.807) is 11.8 Å². The van der Waals surface area contributed by atoms with Gasteiger partial charge in [-0.1, -0.05) is 32.0 Å². The third kappa shape index (κ3) is 4.03. The van der Waals surface area contributed by atoms with E-state index in [1.807, 2.05) is 13.8 Å². The molecule has 0 radical (unpaired) electrons. The number of alkyl halides is 3. The lowest BCUT2D eigenvalue weighted by Crippen LogP contribution is -2.52. The van der Waals surface area contributed by atoms with E-state index in [-0.39, 0.29) is 36.1 Å². The first-order valence-corrected chi connectivity index (χ1v) is 11.6. The Bertz CT molecular complexity index is 1030. The smallest absolute Gasteiger partial charge is 0.341 e. The standard InChI is InChI=1S/C24H29F3N4O3/c1-4-30-17-13-31(20(14(2)3)22(33)29-11-7-8-12-29)21(32)18(17)19(28-23(30)34)15-9-5-6-10-16(15)24(25,26)27/h5-6,9-10,14,19-20H,4,7-8,11-13H2,1-3H3,(H,28,34)/t19-,20-/m0/s1. The number of nitrogens with zero attached hydrogens (tertiary/aromatic N) is 3. The Hall–Kier alpha value is -3.04. The first-order valence-electron chi connectivity index (χ1n) is 11.6. The van der Waals surface area contributed by atoms with E-state index in [4.69, 9.17) is 0 Å². The van der Waals surface area contributed by atoms with Gasteiger partial charge in [0.15, 0.2) is 0 Å². The van der Waals surface area contributed by atoms with Crippen LogP contribution in [-0.2, 0) is 15.8 Å². The predicted molar refractivity (Wildman–Crippen MR) is 118 cm³/mol. The minimum Gasteiger partial charge on any atom is -0.341 e. The van der Waals surface area contributed by atoms with Crippen molar-refractivity contribution in [1.82, 2.24) is 20.0 Å². The van der Waals surface area contributed by atoms with Crippen LogP contribution in [0.3, 0.4) is 0 Å². The molecule has 1 aromatic carbocycles. The van der Waals surface area contributed by atoms with Gasteiger partial charge in [0, 0.05) is 19.6 Å². The second-order valence-electron chi connectivity index (χ2n) is 9.23. The molecule has 4 rings (SSSR count). The molecule has 0 aromatic heterocycles. The molecule has 0 unspecified atom stereocenters. The van der Waals surface area contributed by atoms with Crippen molar-refractivity contribution in [1.29, 1.82) is 0 Å². The zero-order chi connectivity index (χ0) is 24.8. The molecule has 0 saturated carbocycles. The molecular formula is C24H29F3N4O3. The molecule has 3 heterocycles. The molecule has 4 amide bonds. The van der Waals surface area contributed by atoms with Gasteiger partial charge in [0.25, 0.3) is 5.91 Å². The highest BCUT2D eigenvalue weighted by molar-refractivity contribution is 6.03. The molecule has 10 heteroatoms. The van der Waals surface area contributed by atoms with Crippen LogP contribution in [-0.4, -0.2) is 64.8 Å². The molecule has 7 nitrogen and oxygen atoms in total. The molecule has 184 valence electrons. The maximum atomic E-state index is 13.8. The van der Waals surface area contributed by atoms with E-state index in [2.05, 4.69) is 5.32 Å². The molecule has 0 aliphatic carbocycles. The number of hydrogen-bond donors (Lipinski definition) is 1. The summed E-state index contributed by atoms with van der Waals surface area (Å²) in [6, 6.07) is 2.37. The van der Waals surface area contributed by atoms with Crippen molar-refractivity contribution >= 4 is 17.8 Å². The van der Waals surface area contributed by atoms with Crippen molar-refractivity contribution < 1.29 is 27.6 Å². The Morgan fingerprint density at radius 3 is 2.38 bits per heavy atom. The fourth-order valence-corrected chi connectivity index (χ4v) is 5.22. The van der Waals surface area contributed by atoms with E-state index in [0.717, 1.165) is 18.9 Å². The van der Waals surface area contributed by atoms with Crippen molar-refractivity contribution in [2.75, 3.05) is 26.2 Å². The second kappa shape index (κ2) is 8.96. The Balaban J connectivity index is 1.77. The first-order chi connectivity index (χ1) is 16.1. The van der Waals surface area contributed by atoms with Crippen LogP contribution in [0.4, 0.5) is 18.0 Å². The summed E-state index contributed by atoms with van der Waals surface area (Å²) in [6.45, 7) is 6.92. The van der Waals surface area contributed by atoms with Gasteiger partial charge in [0.1, 0.15) is 6.04 Å². The monoisotopic (exact) mass is 478 g/mol. The molecule has 0 spiro atoms. The van der Waals surface area contributed by atoms with Gasteiger partial charge in [-0.3, -0.25) is 14.5 Å². The minimum atomic E-state index is -4.66. The molecule has 1 N–H and O–H groups in total. The van der Waals surface area contributed by atoms with Crippen LogP contribution in [0.2, 0.25) is 0 Å². The van der Waals surface area contributed by atoms with E-state index in [0.29, 0.717) is 18.8 Å². The lowest BCUT2D eigenvalue weighted by atomic mass is 9.91. The number of nitrogens with one attached hydrogen (secondary N) is 1. The van der Waals surface area contributed by atoms with Gasteiger partial charge >= 0.3 is 12.2 Å². The van der Waals surface area contributed by atoms with Crippen LogP contribution in [0.15, 0.2) is 35.5 Å². The molecule has 3 aliphatic rings. The van der Waals surface area contributed by atoms with Crippen LogP contribution < -0.4 is 5.32 Å². The number of benzene rings is 1. The summed E-state index contributed by atoms with van der Waals surface area (Å²) < 4.78 is 41.4. The van der Waals surface area contributed by atoms with Crippen LogP contribution in [0.25, 0.3) is 0 Å². The highest BCUT2D eigenvalue weighted by atomic mass is 19.4. The molecule has 34 heavy (non-hydrogen) atoms. The predicted octanol–water partition coefficient (Wildman–Crippen LogP) is 3.53. The van der Waals surface area contributed by atoms with Crippen molar-refractivity contribution in [3.05, 3.63) is 46.7 Å². The SMILES string of the molecule is CCN1C(=O)N[C@@H](c2ccccc2C(F)(F)F)C2=C1CN([C@H](C(=O)N1CCCC1)C(C)C)C2=O. The number of urea groups is 1. The summed E-state index contributed by atoms with van der Waals surface area (Å²) >= 11 is 0. The highest BCUT2D eigenvalue weighted by Crippen LogP contribution is 2.42.